The summed E-state index contributed by atoms with van der Waals surface area (Å²) in [6, 6.07) is 19.0. The van der Waals surface area contributed by atoms with Gasteiger partial charge in [-0.25, -0.2) is 28.7 Å². The molecule has 0 aliphatic heterocycles. The molecule has 12 heteroatoms. The highest BCUT2D eigenvalue weighted by Crippen LogP contribution is 2.24. The van der Waals surface area contributed by atoms with Gasteiger partial charge in [0, 0.05) is 64.5 Å². The lowest BCUT2D eigenvalue weighted by molar-refractivity contribution is 0.0910. The highest BCUT2D eigenvalue weighted by molar-refractivity contribution is 5.96. The van der Waals surface area contributed by atoms with Crippen LogP contribution in [0.25, 0.3) is 34.2 Å². The number of nitrogens with zero attached hydrogens (tertiary/aromatic N) is 6. The van der Waals surface area contributed by atoms with Crippen molar-refractivity contribution in [1.29, 1.82) is 0 Å². The highest BCUT2D eigenvalue weighted by atomic mass is 19.1. The predicted octanol–water partition coefficient (Wildman–Crippen LogP) is 8.07. The van der Waals surface area contributed by atoms with Crippen LogP contribution in [0.2, 0.25) is 0 Å². The first-order valence-corrected chi connectivity index (χ1v) is 17.2. The Morgan fingerprint density at radius 1 is 0.642 bits per heavy atom. The van der Waals surface area contributed by atoms with E-state index in [0.717, 1.165) is 29.2 Å². The van der Waals surface area contributed by atoms with Crippen LogP contribution >= 0.6 is 0 Å². The molecule has 0 aliphatic carbocycles. The van der Waals surface area contributed by atoms with Gasteiger partial charge >= 0.3 is 0 Å². The number of rotatable bonds is 7. The van der Waals surface area contributed by atoms with E-state index in [1.165, 1.54) is 24.3 Å². The number of carbonyl (C=O) groups is 2. The number of aryl methyl sites for hydroxylation is 2. The Morgan fingerprint density at radius 2 is 1.06 bits per heavy atom. The third-order valence-electron chi connectivity index (χ3n) is 7.76. The van der Waals surface area contributed by atoms with Crippen molar-refractivity contribution < 1.29 is 18.4 Å². The summed E-state index contributed by atoms with van der Waals surface area (Å²) in [6.07, 6.45) is 7.73. The molecule has 0 atom stereocenters. The molecule has 4 heterocycles. The molecule has 2 aromatic carbocycles. The van der Waals surface area contributed by atoms with E-state index >= 15 is 0 Å². The van der Waals surface area contributed by atoms with Gasteiger partial charge in [-0.2, -0.15) is 0 Å². The Labute approximate surface area is 308 Å². The number of aromatic nitrogens is 6. The molecule has 274 valence electrons. The molecule has 0 spiro atoms. The molecular weight excluding hydrogens is 675 g/mol. The number of carbonyl (C=O) groups excluding carboxylic acids is 2. The van der Waals surface area contributed by atoms with Gasteiger partial charge in [0.05, 0.1) is 11.4 Å². The summed E-state index contributed by atoms with van der Waals surface area (Å²) in [4.78, 5) is 43.3. The first-order valence-electron chi connectivity index (χ1n) is 17.2. The molecule has 53 heavy (non-hydrogen) atoms. The molecule has 0 saturated carbocycles. The Kier molecular flexibility index (Phi) is 11.3. The van der Waals surface area contributed by atoms with Crippen molar-refractivity contribution in [2.75, 3.05) is 0 Å². The Hall–Kier alpha value is -6.04. The smallest absolute Gasteiger partial charge is 0.251 e. The van der Waals surface area contributed by atoms with Crippen LogP contribution in [0.5, 0.6) is 0 Å². The minimum Gasteiger partial charge on any atom is -0.347 e. The van der Waals surface area contributed by atoms with Crippen LogP contribution in [-0.4, -0.2) is 52.0 Å². The number of imidazole rings is 2. The van der Waals surface area contributed by atoms with Crippen molar-refractivity contribution in [3.05, 3.63) is 132 Å². The molecule has 0 saturated heterocycles. The van der Waals surface area contributed by atoms with Crippen molar-refractivity contribution in [2.24, 2.45) is 0 Å². The van der Waals surface area contributed by atoms with Gasteiger partial charge in [0.1, 0.15) is 34.9 Å². The zero-order valence-corrected chi connectivity index (χ0v) is 31.2. The average Bonchev–Trinajstić information content (AvgIpc) is 3.76. The summed E-state index contributed by atoms with van der Waals surface area (Å²) in [6.45, 7) is 15.4. The lowest BCUT2D eigenvalue weighted by Crippen LogP contribution is -2.40. The molecule has 6 rings (SSSR count). The Balaban J connectivity index is 0.000000204. The molecule has 0 bridgehead atoms. The second kappa shape index (κ2) is 15.7. The Bertz CT molecular complexity index is 2210. The van der Waals surface area contributed by atoms with Crippen LogP contribution in [-0.2, 0) is 6.42 Å². The van der Waals surface area contributed by atoms with Crippen LogP contribution < -0.4 is 10.6 Å². The summed E-state index contributed by atoms with van der Waals surface area (Å²) in [5.74, 6) is 1.78. The number of hydrogen-bond donors (Lipinski definition) is 2. The van der Waals surface area contributed by atoms with E-state index in [1.807, 2.05) is 66.2 Å². The van der Waals surface area contributed by atoms with E-state index in [1.54, 1.807) is 71.7 Å². The second-order valence-corrected chi connectivity index (χ2v) is 14.5. The number of halogens is 2. The van der Waals surface area contributed by atoms with E-state index in [9.17, 15) is 18.4 Å². The quantitative estimate of drug-likeness (QED) is 0.172. The first-order chi connectivity index (χ1) is 25.0. The fourth-order valence-corrected chi connectivity index (χ4v) is 5.33. The number of nitrogens with one attached hydrogen (secondary N) is 2. The monoisotopic (exact) mass is 718 g/mol. The predicted molar refractivity (Wildman–Crippen MR) is 202 cm³/mol. The molecule has 4 aromatic heterocycles. The maximum absolute atomic E-state index is 13.3. The van der Waals surface area contributed by atoms with Gasteiger partial charge < -0.3 is 10.6 Å². The highest BCUT2D eigenvalue weighted by Gasteiger charge is 2.20. The van der Waals surface area contributed by atoms with Crippen molar-refractivity contribution >= 4 is 11.8 Å². The summed E-state index contributed by atoms with van der Waals surface area (Å²) >= 11 is 0. The van der Waals surface area contributed by atoms with Crippen molar-refractivity contribution in [1.82, 2.24) is 39.7 Å². The Morgan fingerprint density at radius 3 is 1.45 bits per heavy atom. The standard InChI is InChI=1S/C21H23FN4O.C20H21FN4O/c1-5-18-23-10-11-26(18)19-13-15(20(27)25-21(2,3)4)12-17(24-19)14-6-8-16(22)9-7-14;1-13-22-9-10-25(13)18-12-15(19(26)24-20(2,3)4)11-17(23-18)14-5-7-16(21)8-6-14/h6-13H,5H2,1-4H3,(H,25,27);5-12H,1-4H3,(H,24,26). The van der Waals surface area contributed by atoms with Crippen LogP contribution in [0, 0.1) is 18.6 Å². The number of amides is 2. The van der Waals surface area contributed by atoms with Gasteiger partial charge in [-0.3, -0.25) is 18.7 Å². The minimum absolute atomic E-state index is 0.187. The van der Waals surface area contributed by atoms with E-state index < -0.39 is 0 Å². The SMILES string of the molecule is CCc1nccn1-c1cc(C(=O)NC(C)(C)C)cc(-c2ccc(F)cc2)n1.Cc1nccn1-c1cc(C(=O)NC(C)(C)C)cc(-c2ccc(F)cc2)n1. The van der Waals surface area contributed by atoms with Crippen molar-refractivity contribution in [3.8, 4) is 34.2 Å². The van der Waals surface area contributed by atoms with Gasteiger partial charge in [0.25, 0.3) is 11.8 Å². The van der Waals surface area contributed by atoms with Crippen molar-refractivity contribution in [2.45, 2.75) is 72.9 Å². The largest absolute Gasteiger partial charge is 0.347 e. The van der Waals surface area contributed by atoms with Gasteiger partial charge in [-0.05, 0) is 121 Å². The summed E-state index contributed by atoms with van der Waals surface area (Å²) in [5, 5.41) is 5.93. The molecule has 0 aliphatic rings. The van der Waals surface area contributed by atoms with E-state index in [2.05, 4.69) is 30.6 Å². The third-order valence-corrected chi connectivity index (χ3v) is 7.76. The van der Waals surface area contributed by atoms with Gasteiger partial charge in [-0.1, -0.05) is 6.92 Å². The average molecular weight is 719 g/mol. The molecule has 10 nitrogen and oxygen atoms in total. The van der Waals surface area contributed by atoms with E-state index in [4.69, 9.17) is 0 Å². The first kappa shape index (κ1) is 38.2. The van der Waals surface area contributed by atoms with Crippen LogP contribution in [0.4, 0.5) is 8.78 Å². The number of pyridine rings is 2. The van der Waals surface area contributed by atoms with E-state index in [-0.39, 0.29) is 34.5 Å². The fraction of sp³-hybridized carbons (Fsp3) is 0.268. The number of hydrogen-bond acceptors (Lipinski definition) is 6. The number of benzene rings is 2. The topological polar surface area (TPSA) is 120 Å². The zero-order valence-electron chi connectivity index (χ0n) is 31.2. The molecule has 2 amide bonds. The van der Waals surface area contributed by atoms with Gasteiger partial charge in [0.15, 0.2) is 0 Å². The molecule has 0 unspecified atom stereocenters. The molecule has 6 aromatic rings. The summed E-state index contributed by atoms with van der Waals surface area (Å²) in [7, 11) is 0. The molecule has 2 N–H and O–H groups in total. The maximum atomic E-state index is 13.3. The lowest BCUT2D eigenvalue weighted by Gasteiger charge is -2.21. The molecular formula is C41H44F2N8O2. The van der Waals surface area contributed by atoms with Gasteiger partial charge in [0.2, 0.25) is 0 Å². The lowest BCUT2D eigenvalue weighted by atomic mass is 10.1. The van der Waals surface area contributed by atoms with E-state index in [0.29, 0.717) is 34.2 Å². The van der Waals surface area contributed by atoms with Crippen LogP contribution in [0.3, 0.4) is 0 Å². The van der Waals surface area contributed by atoms with Crippen LogP contribution in [0.15, 0.2) is 97.6 Å². The van der Waals surface area contributed by atoms with Crippen LogP contribution in [0.1, 0.15) is 80.8 Å². The molecule has 0 fully saturated rings. The zero-order chi connectivity index (χ0) is 38.5. The normalized spacial score (nSPS) is 11.4. The second-order valence-electron chi connectivity index (χ2n) is 14.5. The minimum atomic E-state index is -0.361. The third kappa shape index (κ3) is 10.1. The van der Waals surface area contributed by atoms with Gasteiger partial charge in [-0.15, -0.1) is 0 Å². The van der Waals surface area contributed by atoms with Crippen molar-refractivity contribution in [3.63, 3.8) is 0 Å². The molecule has 0 radical (unpaired) electrons. The summed E-state index contributed by atoms with van der Waals surface area (Å²) < 4.78 is 30.2. The summed E-state index contributed by atoms with van der Waals surface area (Å²) in [5.41, 5.74) is 2.91. The maximum Gasteiger partial charge on any atom is 0.251 e. The fourth-order valence-electron chi connectivity index (χ4n) is 5.33.